The third-order valence-electron chi connectivity index (χ3n) is 3.06. The molecule has 1 aromatic rings. The molecule has 19 heavy (non-hydrogen) atoms. The Kier molecular flexibility index (Phi) is 4.81. The van der Waals surface area contributed by atoms with Gasteiger partial charge in [-0.05, 0) is 24.8 Å². The number of methoxy groups -OCH3 is 1. The topological polar surface area (TPSA) is 90.1 Å². The zero-order valence-electron chi connectivity index (χ0n) is 11.1. The van der Waals surface area contributed by atoms with Gasteiger partial charge in [-0.15, -0.1) is 0 Å². The van der Waals surface area contributed by atoms with Crippen LogP contribution in [0, 0.1) is 0 Å². The van der Waals surface area contributed by atoms with Gasteiger partial charge >= 0.3 is 0 Å². The van der Waals surface area contributed by atoms with Crippen LogP contribution in [0.1, 0.15) is 30.1 Å². The van der Waals surface area contributed by atoms with Gasteiger partial charge in [-0.25, -0.2) is 9.97 Å². The minimum atomic E-state index is -0.613. The Balaban J connectivity index is 1.71. The molecule has 0 spiro atoms. The van der Waals surface area contributed by atoms with E-state index in [0.29, 0.717) is 18.9 Å². The van der Waals surface area contributed by atoms with Crippen LogP contribution in [0.15, 0.2) is 12.4 Å². The molecule has 1 aliphatic carbocycles. The maximum Gasteiger partial charge on any atom is 0.239 e. The van der Waals surface area contributed by atoms with Crippen LogP contribution in [-0.4, -0.2) is 42.2 Å². The highest BCUT2D eigenvalue weighted by Crippen LogP contribution is 2.37. The zero-order chi connectivity index (χ0) is 13.7. The smallest absolute Gasteiger partial charge is 0.239 e. The first kappa shape index (κ1) is 13.9. The monoisotopic (exact) mass is 264 g/mol. The predicted octanol–water partition coefficient (Wildman–Crippen LogP) is -0.0136. The second kappa shape index (κ2) is 6.58. The largest absolute Gasteiger partial charge is 0.383 e. The van der Waals surface area contributed by atoms with Gasteiger partial charge in [0, 0.05) is 32.0 Å². The first-order valence-corrected chi connectivity index (χ1v) is 6.53. The standard InChI is InChI=1S/C13H20N4O2/c1-19-8-11(14)13(18)15-5-4-9-6-16-12(17-7-9)10-2-3-10/h6-7,10-11H,2-5,8,14H2,1H3,(H,15,18). The molecule has 0 aromatic carbocycles. The van der Waals surface area contributed by atoms with Gasteiger partial charge in [0.15, 0.2) is 0 Å². The molecule has 2 rings (SSSR count). The molecule has 6 nitrogen and oxygen atoms in total. The molecular weight excluding hydrogens is 244 g/mol. The van der Waals surface area contributed by atoms with Crippen molar-refractivity contribution in [1.82, 2.24) is 15.3 Å². The lowest BCUT2D eigenvalue weighted by Crippen LogP contribution is -2.44. The zero-order valence-corrected chi connectivity index (χ0v) is 11.1. The first-order chi connectivity index (χ1) is 9.20. The van der Waals surface area contributed by atoms with E-state index >= 15 is 0 Å². The lowest BCUT2D eigenvalue weighted by molar-refractivity contribution is -0.123. The summed E-state index contributed by atoms with van der Waals surface area (Å²) in [6, 6.07) is -0.613. The second-order valence-corrected chi connectivity index (χ2v) is 4.83. The van der Waals surface area contributed by atoms with Gasteiger partial charge in [0.2, 0.25) is 5.91 Å². The van der Waals surface area contributed by atoms with E-state index < -0.39 is 6.04 Å². The molecule has 1 atom stereocenters. The van der Waals surface area contributed by atoms with E-state index in [0.717, 1.165) is 11.4 Å². The van der Waals surface area contributed by atoms with Crippen molar-refractivity contribution in [3.8, 4) is 0 Å². The maximum absolute atomic E-state index is 11.5. The van der Waals surface area contributed by atoms with Crippen molar-refractivity contribution < 1.29 is 9.53 Å². The Morgan fingerprint density at radius 3 is 2.79 bits per heavy atom. The quantitative estimate of drug-likeness (QED) is 0.722. The van der Waals surface area contributed by atoms with Crippen LogP contribution in [0.5, 0.6) is 0 Å². The molecule has 1 aromatic heterocycles. The Labute approximate surface area is 112 Å². The highest BCUT2D eigenvalue weighted by atomic mass is 16.5. The van der Waals surface area contributed by atoms with Crippen molar-refractivity contribution in [1.29, 1.82) is 0 Å². The van der Waals surface area contributed by atoms with Crippen LogP contribution in [0.25, 0.3) is 0 Å². The average molecular weight is 264 g/mol. The van der Waals surface area contributed by atoms with Gasteiger partial charge in [-0.1, -0.05) is 0 Å². The average Bonchev–Trinajstić information content (AvgIpc) is 3.24. The van der Waals surface area contributed by atoms with E-state index in [1.165, 1.54) is 20.0 Å². The van der Waals surface area contributed by atoms with E-state index in [9.17, 15) is 4.79 Å². The third-order valence-corrected chi connectivity index (χ3v) is 3.06. The molecule has 1 fully saturated rings. The molecular formula is C13H20N4O2. The predicted molar refractivity (Wildman–Crippen MR) is 70.6 cm³/mol. The third kappa shape index (κ3) is 4.25. The summed E-state index contributed by atoms with van der Waals surface area (Å²) in [6.45, 7) is 0.757. The number of carbonyl (C=O) groups is 1. The van der Waals surface area contributed by atoms with Crippen molar-refractivity contribution >= 4 is 5.91 Å². The van der Waals surface area contributed by atoms with Gasteiger partial charge in [0.25, 0.3) is 0 Å². The Bertz CT molecular complexity index is 417. The first-order valence-electron chi connectivity index (χ1n) is 6.53. The van der Waals surface area contributed by atoms with Gasteiger partial charge < -0.3 is 15.8 Å². The number of ether oxygens (including phenoxy) is 1. The molecule has 1 amide bonds. The van der Waals surface area contributed by atoms with Crippen LogP contribution in [0.2, 0.25) is 0 Å². The molecule has 104 valence electrons. The summed E-state index contributed by atoms with van der Waals surface area (Å²) >= 11 is 0. The van der Waals surface area contributed by atoms with E-state index in [1.54, 1.807) is 0 Å². The van der Waals surface area contributed by atoms with Crippen molar-refractivity contribution in [2.24, 2.45) is 5.73 Å². The summed E-state index contributed by atoms with van der Waals surface area (Å²) in [5.41, 5.74) is 6.62. The summed E-state index contributed by atoms with van der Waals surface area (Å²) in [5.74, 6) is 1.31. The number of hydrogen-bond acceptors (Lipinski definition) is 5. The fraction of sp³-hybridized carbons (Fsp3) is 0.615. The van der Waals surface area contributed by atoms with Gasteiger partial charge in [0.1, 0.15) is 11.9 Å². The second-order valence-electron chi connectivity index (χ2n) is 4.83. The minimum Gasteiger partial charge on any atom is -0.383 e. The van der Waals surface area contributed by atoms with Crippen LogP contribution in [-0.2, 0) is 16.0 Å². The lowest BCUT2D eigenvalue weighted by Gasteiger charge is -2.10. The lowest BCUT2D eigenvalue weighted by atomic mass is 10.2. The summed E-state index contributed by atoms with van der Waals surface area (Å²) in [6.07, 6.45) is 6.78. The van der Waals surface area contributed by atoms with Crippen molar-refractivity contribution in [2.45, 2.75) is 31.2 Å². The van der Waals surface area contributed by atoms with E-state index in [-0.39, 0.29) is 12.5 Å². The molecule has 6 heteroatoms. The molecule has 1 heterocycles. The van der Waals surface area contributed by atoms with Gasteiger partial charge in [-0.3, -0.25) is 4.79 Å². The Morgan fingerprint density at radius 1 is 1.53 bits per heavy atom. The number of nitrogens with zero attached hydrogens (tertiary/aromatic N) is 2. The number of rotatable bonds is 7. The summed E-state index contributed by atoms with van der Waals surface area (Å²) < 4.78 is 4.82. The molecule has 1 saturated carbocycles. The summed E-state index contributed by atoms with van der Waals surface area (Å²) in [7, 11) is 1.52. The minimum absolute atomic E-state index is 0.197. The molecule has 0 aliphatic heterocycles. The number of amides is 1. The molecule has 3 N–H and O–H groups in total. The highest BCUT2D eigenvalue weighted by molar-refractivity contribution is 5.81. The van der Waals surface area contributed by atoms with Crippen molar-refractivity contribution in [2.75, 3.05) is 20.3 Å². The number of nitrogens with two attached hydrogens (primary N) is 1. The Morgan fingerprint density at radius 2 is 2.21 bits per heavy atom. The van der Waals surface area contributed by atoms with Crippen molar-refractivity contribution in [3.05, 3.63) is 23.8 Å². The normalized spacial score (nSPS) is 16.1. The van der Waals surface area contributed by atoms with E-state index in [2.05, 4.69) is 15.3 Å². The van der Waals surface area contributed by atoms with Gasteiger partial charge in [-0.2, -0.15) is 0 Å². The van der Waals surface area contributed by atoms with Gasteiger partial charge in [0.05, 0.1) is 6.61 Å². The molecule has 1 aliphatic rings. The SMILES string of the molecule is COCC(N)C(=O)NCCc1cnc(C2CC2)nc1. The Hall–Kier alpha value is -1.53. The fourth-order valence-electron chi connectivity index (χ4n) is 1.76. The van der Waals surface area contributed by atoms with Crippen molar-refractivity contribution in [3.63, 3.8) is 0 Å². The molecule has 1 unspecified atom stereocenters. The van der Waals surface area contributed by atoms with Crippen LogP contribution in [0.3, 0.4) is 0 Å². The van der Waals surface area contributed by atoms with Crippen LogP contribution >= 0.6 is 0 Å². The number of aromatic nitrogens is 2. The number of nitrogens with one attached hydrogen (secondary N) is 1. The highest BCUT2D eigenvalue weighted by Gasteiger charge is 2.26. The molecule has 0 radical (unpaired) electrons. The molecule has 0 bridgehead atoms. The summed E-state index contributed by atoms with van der Waals surface area (Å²) in [5, 5.41) is 2.77. The van der Waals surface area contributed by atoms with Crippen LogP contribution < -0.4 is 11.1 Å². The fourth-order valence-corrected chi connectivity index (χ4v) is 1.76. The van der Waals surface area contributed by atoms with E-state index in [4.69, 9.17) is 10.5 Å². The summed E-state index contributed by atoms with van der Waals surface area (Å²) in [4.78, 5) is 20.2. The number of carbonyl (C=O) groups excluding carboxylic acids is 1. The van der Waals surface area contributed by atoms with Crippen LogP contribution in [0.4, 0.5) is 0 Å². The molecule has 0 saturated heterocycles. The maximum atomic E-state index is 11.5. The number of hydrogen-bond donors (Lipinski definition) is 2. The van der Waals surface area contributed by atoms with E-state index in [1.807, 2.05) is 12.4 Å².